The molecule has 0 amide bonds. The Morgan fingerprint density at radius 3 is 2.95 bits per heavy atom. The molecule has 1 N–H and O–H groups in total. The Bertz CT molecular complexity index is 470. The summed E-state index contributed by atoms with van der Waals surface area (Å²) in [6.45, 7) is 4.06. The molecular formula is C16H22N2O. The van der Waals surface area contributed by atoms with Gasteiger partial charge in [-0.25, -0.2) is 0 Å². The zero-order valence-electron chi connectivity index (χ0n) is 11.7. The lowest BCUT2D eigenvalue weighted by atomic mass is 9.89. The summed E-state index contributed by atoms with van der Waals surface area (Å²) in [7, 11) is 0. The van der Waals surface area contributed by atoms with E-state index in [0.717, 1.165) is 17.4 Å². The van der Waals surface area contributed by atoms with E-state index in [4.69, 9.17) is 4.74 Å². The molecule has 102 valence electrons. The average Bonchev–Trinajstić information content (AvgIpc) is 2.98. The molecule has 3 atom stereocenters. The molecule has 0 aromatic carbocycles. The van der Waals surface area contributed by atoms with E-state index in [1.807, 2.05) is 20.0 Å². The molecule has 3 heterocycles. The maximum Gasteiger partial charge on any atom is 0.138 e. The fourth-order valence-corrected chi connectivity index (χ4v) is 3.18. The van der Waals surface area contributed by atoms with Crippen molar-refractivity contribution in [2.45, 2.75) is 51.3 Å². The number of hydrogen-bond acceptors (Lipinski definition) is 3. The van der Waals surface area contributed by atoms with Crippen LogP contribution in [0.4, 0.5) is 0 Å². The SMILES string of the molecule is CC(C)Oc1cncc(C=CC2CC3CCC2N3)c1. The minimum absolute atomic E-state index is 0.191. The minimum Gasteiger partial charge on any atom is -0.489 e. The third-order valence-corrected chi connectivity index (χ3v) is 3.99. The Morgan fingerprint density at radius 1 is 1.37 bits per heavy atom. The van der Waals surface area contributed by atoms with E-state index >= 15 is 0 Å². The van der Waals surface area contributed by atoms with Crippen molar-refractivity contribution in [3.63, 3.8) is 0 Å². The number of nitrogens with zero attached hydrogens (tertiary/aromatic N) is 1. The molecule has 0 saturated carbocycles. The summed E-state index contributed by atoms with van der Waals surface area (Å²) in [6.07, 6.45) is 12.4. The lowest BCUT2D eigenvalue weighted by Gasteiger charge is -2.15. The lowest BCUT2D eigenvalue weighted by molar-refractivity contribution is 0.241. The van der Waals surface area contributed by atoms with Crippen LogP contribution in [0.15, 0.2) is 24.5 Å². The van der Waals surface area contributed by atoms with Gasteiger partial charge in [0.15, 0.2) is 0 Å². The molecule has 1 aromatic rings. The van der Waals surface area contributed by atoms with Gasteiger partial charge < -0.3 is 10.1 Å². The van der Waals surface area contributed by atoms with Crippen molar-refractivity contribution in [3.8, 4) is 5.75 Å². The van der Waals surface area contributed by atoms with Crippen LogP contribution in [0.5, 0.6) is 5.75 Å². The number of aromatic nitrogens is 1. The van der Waals surface area contributed by atoms with Gasteiger partial charge in [-0.05, 0) is 50.7 Å². The second-order valence-electron chi connectivity index (χ2n) is 5.93. The predicted octanol–water partition coefficient (Wildman–Crippen LogP) is 3.02. The van der Waals surface area contributed by atoms with Gasteiger partial charge in [-0.1, -0.05) is 12.2 Å². The largest absolute Gasteiger partial charge is 0.489 e. The number of nitrogens with one attached hydrogen (secondary N) is 1. The third-order valence-electron chi connectivity index (χ3n) is 3.99. The summed E-state index contributed by atoms with van der Waals surface area (Å²) in [4.78, 5) is 4.24. The van der Waals surface area contributed by atoms with Gasteiger partial charge in [-0.3, -0.25) is 4.98 Å². The van der Waals surface area contributed by atoms with Gasteiger partial charge in [0.2, 0.25) is 0 Å². The van der Waals surface area contributed by atoms with Gasteiger partial charge in [0.1, 0.15) is 5.75 Å². The first kappa shape index (κ1) is 12.7. The highest BCUT2D eigenvalue weighted by Gasteiger charge is 2.37. The molecule has 0 aliphatic carbocycles. The maximum absolute atomic E-state index is 5.67. The van der Waals surface area contributed by atoms with Crippen LogP contribution < -0.4 is 10.1 Å². The topological polar surface area (TPSA) is 34.1 Å². The van der Waals surface area contributed by atoms with Crippen LogP contribution >= 0.6 is 0 Å². The molecule has 0 spiro atoms. The van der Waals surface area contributed by atoms with Crippen LogP contribution in [0.25, 0.3) is 6.08 Å². The van der Waals surface area contributed by atoms with Crippen LogP contribution in [0.3, 0.4) is 0 Å². The van der Waals surface area contributed by atoms with Crippen molar-refractivity contribution < 1.29 is 4.74 Å². The Morgan fingerprint density at radius 2 is 2.26 bits per heavy atom. The smallest absolute Gasteiger partial charge is 0.138 e. The molecule has 19 heavy (non-hydrogen) atoms. The summed E-state index contributed by atoms with van der Waals surface area (Å²) in [5, 5.41) is 3.66. The van der Waals surface area contributed by atoms with Gasteiger partial charge >= 0.3 is 0 Å². The first-order valence-corrected chi connectivity index (χ1v) is 7.26. The van der Waals surface area contributed by atoms with Crippen LogP contribution in [0.1, 0.15) is 38.7 Å². The number of pyridine rings is 1. The molecule has 2 bridgehead atoms. The van der Waals surface area contributed by atoms with E-state index < -0.39 is 0 Å². The summed E-state index contributed by atoms with van der Waals surface area (Å²) in [6, 6.07) is 3.52. The van der Waals surface area contributed by atoms with E-state index in [9.17, 15) is 0 Å². The van der Waals surface area contributed by atoms with E-state index in [1.165, 1.54) is 19.3 Å². The minimum atomic E-state index is 0.191. The van der Waals surface area contributed by atoms with Crippen molar-refractivity contribution in [1.29, 1.82) is 0 Å². The van der Waals surface area contributed by atoms with E-state index in [1.54, 1.807) is 6.20 Å². The molecule has 3 rings (SSSR count). The van der Waals surface area contributed by atoms with Crippen molar-refractivity contribution >= 4 is 6.08 Å². The molecule has 0 radical (unpaired) electrons. The molecule has 2 aliphatic heterocycles. The fraction of sp³-hybridized carbons (Fsp3) is 0.562. The Balaban J connectivity index is 1.66. The number of ether oxygens (including phenoxy) is 1. The second kappa shape index (κ2) is 5.33. The summed E-state index contributed by atoms with van der Waals surface area (Å²) < 4.78 is 5.67. The van der Waals surface area contributed by atoms with E-state index in [0.29, 0.717) is 12.0 Å². The molecule has 3 nitrogen and oxygen atoms in total. The lowest BCUT2D eigenvalue weighted by Crippen LogP contribution is -2.21. The summed E-state index contributed by atoms with van der Waals surface area (Å²) >= 11 is 0. The van der Waals surface area contributed by atoms with Crippen LogP contribution in [0.2, 0.25) is 0 Å². The molecular weight excluding hydrogens is 236 g/mol. The van der Waals surface area contributed by atoms with Crippen molar-refractivity contribution in [2.75, 3.05) is 0 Å². The highest BCUT2D eigenvalue weighted by molar-refractivity contribution is 5.50. The van der Waals surface area contributed by atoms with Crippen molar-refractivity contribution in [2.24, 2.45) is 5.92 Å². The summed E-state index contributed by atoms with van der Waals surface area (Å²) in [5.74, 6) is 1.54. The van der Waals surface area contributed by atoms with Gasteiger partial charge in [0.25, 0.3) is 0 Å². The molecule has 1 aromatic heterocycles. The average molecular weight is 258 g/mol. The highest BCUT2D eigenvalue weighted by Crippen LogP contribution is 2.34. The molecule has 3 heteroatoms. The van der Waals surface area contributed by atoms with Gasteiger partial charge in [0, 0.05) is 18.3 Å². The van der Waals surface area contributed by atoms with E-state index in [-0.39, 0.29) is 6.10 Å². The standard InChI is InChI=1S/C16H22N2O/c1-11(2)19-15-7-12(9-17-10-15)3-4-13-8-14-5-6-16(13)18-14/h3-4,7,9-11,13-14,16,18H,5-6,8H2,1-2H3. The van der Waals surface area contributed by atoms with Crippen LogP contribution in [0, 0.1) is 5.92 Å². The quantitative estimate of drug-likeness (QED) is 0.901. The van der Waals surface area contributed by atoms with Gasteiger partial charge in [-0.2, -0.15) is 0 Å². The van der Waals surface area contributed by atoms with Crippen molar-refractivity contribution in [1.82, 2.24) is 10.3 Å². The Hall–Kier alpha value is -1.35. The van der Waals surface area contributed by atoms with Gasteiger partial charge in [-0.15, -0.1) is 0 Å². The first-order valence-electron chi connectivity index (χ1n) is 7.26. The van der Waals surface area contributed by atoms with E-state index in [2.05, 4.69) is 28.5 Å². The first-order chi connectivity index (χ1) is 9.20. The van der Waals surface area contributed by atoms with Gasteiger partial charge in [0.05, 0.1) is 12.3 Å². The third kappa shape index (κ3) is 2.98. The zero-order valence-corrected chi connectivity index (χ0v) is 11.7. The number of fused-ring (bicyclic) bond motifs is 2. The number of rotatable bonds is 4. The predicted molar refractivity (Wildman–Crippen MR) is 77.1 cm³/mol. The molecule has 2 aliphatic rings. The second-order valence-corrected chi connectivity index (χ2v) is 5.93. The Labute approximate surface area is 115 Å². The van der Waals surface area contributed by atoms with Crippen molar-refractivity contribution in [3.05, 3.63) is 30.1 Å². The maximum atomic E-state index is 5.67. The van der Waals surface area contributed by atoms with Crippen LogP contribution in [-0.4, -0.2) is 23.2 Å². The highest BCUT2D eigenvalue weighted by atomic mass is 16.5. The Kier molecular flexibility index (Phi) is 3.56. The number of hydrogen-bond donors (Lipinski definition) is 1. The monoisotopic (exact) mass is 258 g/mol. The fourth-order valence-electron chi connectivity index (χ4n) is 3.18. The molecule has 2 saturated heterocycles. The van der Waals surface area contributed by atoms with Crippen LogP contribution in [-0.2, 0) is 0 Å². The molecule has 3 unspecified atom stereocenters. The molecule has 2 fully saturated rings. The zero-order chi connectivity index (χ0) is 13.2. The normalized spacial score (nSPS) is 29.5. The summed E-state index contributed by atoms with van der Waals surface area (Å²) in [5.41, 5.74) is 1.13.